The molecule has 0 bridgehead atoms. The molecule has 0 aromatic carbocycles. The number of hydrogen-bond donors (Lipinski definition) is 2. The van der Waals surface area contributed by atoms with Gasteiger partial charge in [-0.2, -0.15) is 0 Å². The van der Waals surface area contributed by atoms with Gasteiger partial charge < -0.3 is 4.74 Å². The Morgan fingerprint density at radius 1 is 1.21 bits per heavy atom. The first-order valence-corrected chi connectivity index (χ1v) is 8.91. The molecule has 2 aromatic heterocycles. The highest BCUT2D eigenvalue weighted by Crippen LogP contribution is 2.22. The number of hydrogen-bond acceptors (Lipinski definition) is 8. The van der Waals surface area contributed by atoms with Gasteiger partial charge in [0.1, 0.15) is 9.77 Å². The maximum Gasteiger partial charge on any atom is 0.349 e. The van der Waals surface area contributed by atoms with Crippen LogP contribution in [0, 0.1) is 13.8 Å². The van der Waals surface area contributed by atoms with Gasteiger partial charge in [0.15, 0.2) is 0 Å². The fourth-order valence-electron chi connectivity index (χ4n) is 1.84. The number of rotatable bonds is 4. The van der Waals surface area contributed by atoms with E-state index in [4.69, 9.17) is 0 Å². The van der Waals surface area contributed by atoms with Crippen molar-refractivity contribution in [3.05, 3.63) is 33.8 Å². The summed E-state index contributed by atoms with van der Waals surface area (Å²) in [4.78, 5) is 31.0. The van der Waals surface area contributed by atoms with Crippen molar-refractivity contribution in [1.82, 2.24) is 14.7 Å². The number of ether oxygens (including phenoxy) is 1. The van der Waals surface area contributed by atoms with Crippen LogP contribution in [0.25, 0.3) is 0 Å². The molecule has 2 heterocycles. The molecule has 0 unspecified atom stereocenters. The van der Waals surface area contributed by atoms with E-state index >= 15 is 0 Å². The van der Waals surface area contributed by atoms with Gasteiger partial charge >= 0.3 is 12.0 Å². The fourth-order valence-corrected chi connectivity index (χ4v) is 4.08. The quantitative estimate of drug-likeness (QED) is 0.780. The second kappa shape index (κ2) is 6.93. The number of methoxy groups -OCH3 is 1. The van der Waals surface area contributed by atoms with Crippen LogP contribution in [-0.2, 0) is 14.8 Å². The largest absolute Gasteiger partial charge is 0.465 e. The molecule has 0 fully saturated rings. The number of esters is 1. The van der Waals surface area contributed by atoms with Gasteiger partial charge in [-0.3, -0.25) is 5.32 Å². The number of nitrogens with zero attached hydrogens (tertiary/aromatic N) is 2. The van der Waals surface area contributed by atoms with Crippen LogP contribution < -0.4 is 10.0 Å². The standard InChI is InChI=1S/C13H14N4O5S2/c1-7-6-8(2)15-12(14-7)16-13(19)17-24(20,21)9-4-5-23-10(9)11(18)22-3/h4-6H,1-3H3,(H2,14,15,16,17,19). The molecule has 0 aliphatic carbocycles. The lowest BCUT2D eigenvalue weighted by atomic mass is 10.4. The summed E-state index contributed by atoms with van der Waals surface area (Å²) in [7, 11) is -3.12. The molecule has 2 N–H and O–H groups in total. The normalized spacial score (nSPS) is 11.0. The lowest BCUT2D eigenvalue weighted by molar-refractivity contribution is 0.0602. The van der Waals surface area contributed by atoms with Crippen molar-refractivity contribution < 1.29 is 22.7 Å². The average molecular weight is 370 g/mol. The zero-order chi connectivity index (χ0) is 17.9. The third-order valence-corrected chi connectivity index (χ3v) is 5.12. The minimum absolute atomic E-state index is 0.0290. The number of nitrogens with one attached hydrogen (secondary N) is 2. The molecule has 0 saturated carbocycles. The van der Waals surface area contributed by atoms with Crippen LogP contribution in [0.15, 0.2) is 22.4 Å². The van der Waals surface area contributed by atoms with Crippen LogP contribution in [0.3, 0.4) is 0 Å². The number of aromatic nitrogens is 2. The Balaban J connectivity index is 2.19. The second-order valence-electron chi connectivity index (χ2n) is 4.64. The summed E-state index contributed by atoms with van der Waals surface area (Å²) in [6.45, 7) is 3.42. The van der Waals surface area contributed by atoms with E-state index in [-0.39, 0.29) is 15.7 Å². The SMILES string of the molecule is COC(=O)c1sccc1S(=O)(=O)NC(=O)Nc1nc(C)cc(C)n1. The minimum atomic E-state index is -4.25. The van der Waals surface area contributed by atoms with Gasteiger partial charge in [0.2, 0.25) is 5.95 Å². The lowest BCUT2D eigenvalue weighted by Gasteiger charge is -2.08. The van der Waals surface area contributed by atoms with Gasteiger partial charge in [0.05, 0.1) is 7.11 Å². The molecule has 24 heavy (non-hydrogen) atoms. The summed E-state index contributed by atoms with van der Waals surface area (Å²) in [6.07, 6.45) is 0. The molecular weight excluding hydrogens is 356 g/mol. The lowest BCUT2D eigenvalue weighted by Crippen LogP contribution is -2.35. The number of urea groups is 1. The van der Waals surface area contributed by atoms with E-state index in [9.17, 15) is 18.0 Å². The Kier molecular flexibility index (Phi) is 5.14. The number of carbonyl (C=O) groups is 2. The number of carbonyl (C=O) groups excluding carboxylic acids is 2. The van der Waals surface area contributed by atoms with Crippen molar-refractivity contribution in [2.24, 2.45) is 0 Å². The minimum Gasteiger partial charge on any atom is -0.465 e. The van der Waals surface area contributed by atoms with Crippen LogP contribution in [0.4, 0.5) is 10.7 Å². The van der Waals surface area contributed by atoms with Crippen LogP contribution in [0.1, 0.15) is 21.1 Å². The van der Waals surface area contributed by atoms with E-state index in [1.165, 1.54) is 11.4 Å². The molecule has 11 heteroatoms. The van der Waals surface area contributed by atoms with Gasteiger partial charge in [0.25, 0.3) is 10.0 Å². The number of aryl methyl sites for hydroxylation is 2. The molecule has 2 amide bonds. The van der Waals surface area contributed by atoms with Gasteiger partial charge in [0, 0.05) is 11.4 Å². The summed E-state index contributed by atoms with van der Waals surface area (Å²) >= 11 is 0.894. The van der Waals surface area contributed by atoms with E-state index in [1.807, 2.05) is 0 Å². The zero-order valence-corrected chi connectivity index (χ0v) is 14.6. The molecule has 0 spiro atoms. The first-order chi connectivity index (χ1) is 11.2. The van der Waals surface area contributed by atoms with Crippen molar-refractivity contribution in [2.45, 2.75) is 18.7 Å². The van der Waals surface area contributed by atoms with E-state index < -0.39 is 22.0 Å². The second-order valence-corrected chi connectivity index (χ2v) is 7.21. The monoisotopic (exact) mass is 370 g/mol. The highest BCUT2D eigenvalue weighted by atomic mass is 32.2. The number of thiophene rings is 1. The molecule has 0 atom stereocenters. The maximum atomic E-state index is 12.3. The molecule has 0 aliphatic heterocycles. The van der Waals surface area contributed by atoms with Crippen molar-refractivity contribution in [2.75, 3.05) is 12.4 Å². The third kappa shape index (κ3) is 4.06. The van der Waals surface area contributed by atoms with Crippen molar-refractivity contribution >= 4 is 39.3 Å². The Morgan fingerprint density at radius 2 is 1.83 bits per heavy atom. The average Bonchev–Trinajstić information content (AvgIpc) is 2.94. The van der Waals surface area contributed by atoms with Gasteiger partial charge in [-0.25, -0.2) is 32.7 Å². The molecule has 2 aromatic rings. The topological polar surface area (TPSA) is 127 Å². The van der Waals surface area contributed by atoms with E-state index in [0.29, 0.717) is 11.4 Å². The van der Waals surface area contributed by atoms with Crippen LogP contribution in [0.2, 0.25) is 0 Å². The summed E-state index contributed by atoms with van der Waals surface area (Å²) in [6, 6.07) is 1.87. The highest BCUT2D eigenvalue weighted by Gasteiger charge is 2.26. The highest BCUT2D eigenvalue weighted by molar-refractivity contribution is 7.90. The van der Waals surface area contributed by atoms with Crippen molar-refractivity contribution in [3.8, 4) is 0 Å². The van der Waals surface area contributed by atoms with E-state index in [2.05, 4.69) is 20.0 Å². The number of amides is 2. The summed E-state index contributed by atoms with van der Waals surface area (Å²) in [5.41, 5.74) is 1.23. The predicted octanol–water partition coefficient (Wildman–Crippen LogP) is 1.45. The molecule has 0 aliphatic rings. The molecule has 0 radical (unpaired) electrons. The Labute approximate surface area is 142 Å². The molecular formula is C13H14N4O5S2. The van der Waals surface area contributed by atoms with Crippen molar-refractivity contribution in [1.29, 1.82) is 0 Å². The molecule has 128 valence electrons. The van der Waals surface area contributed by atoms with Gasteiger partial charge in [-0.15, -0.1) is 11.3 Å². The Morgan fingerprint density at radius 3 is 2.42 bits per heavy atom. The zero-order valence-electron chi connectivity index (χ0n) is 13.0. The maximum absolute atomic E-state index is 12.3. The summed E-state index contributed by atoms with van der Waals surface area (Å²) < 4.78 is 30.8. The number of anilines is 1. The van der Waals surface area contributed by atoms with Gasteiger partial charge in [-0.05, 0) is 31.4 Å². The van der Waals surface area contributed by atoms with Crippen molar-refractivity contribution in [3.63, 3.8) is 0 Å². The van der Waals surface area contributed by atoms with Crippen LogP contribution >= 0.6 is 11.3 Å². The summed E-state index contributed by atoms with van der Waals surface area (Å²) in [5.74, 6) is -0.831. The van der Waals surface area contributed by atoms with E-state index in [1.54, 1.807) is 24.6 Å². The third-order valence-electron chi connectivity index (χ3n) is 2.72. The molecule has 9 nitrogen and oxygen atoms in total. The first-order valence-electron chi connectivity index (χ1n) is 6.55. The van der Waals surface area contributed by atoms with Gasteiger partial charge in [-0.1, -0.05) is 0 Å². The summed E-state index contributed by atoms with van der Waals surface area (Å²) in [5, 5.41) is 3.65. The molecule has 2 rings (SSSR count). The van der Waals surface area contributed by atoms with E-state index in [0.717, 1.165) is 18.4 Å². The van der Waals surface area contributed by atoms with Crippen LogP contribution in [-0.4, -0.2) is 37.5 Å². The first kappa shape index (κ1) is 17.8. The van der Waals surface area contributed by atoms with Crippen LogP contribution in [0.5, 0.6) is 0 Å². The Bertz CT molecular complexity index is 871. The number of sulfonamides is 1. The Hall–Kier alpha value is -2.53. The fraction of sp³-hybridized carbons (Fsp3) is 0.231. The smallest absolute Gasteiger partial charge is 0.349 e. The predicted molar refractivity (Wildman–Crippen MR) is 86.5 cm³/mol. The molecule has 0 saturated heterocycles.